The maximum Gasteiger partial charge on any atom is 0.247 e. The molecule has 0 aliphatic carbocycles. The van der Waals surface area contributed by atoms with E-state index in [9.17, 15) is 0 Å². The molecule has 2 N–H and O–H groups in total. The van der Waals surface area contributed by atoms with Crippen LogP contribution < -0.4 is 5.73 Å². The Bertz CT molecular complexity index is 445. The van der Waals surface area contributed by atoms with Gasteiger partial charge in [-0.3, -0.25) is 0 Å². The molecule has 1 atom stereocenters. The highest BCUT2D eigenvalue weighted by Crippen LogP contribution is 2.19. The smallest absolute Gasteiger partial charge is 0.247 e. The van der Waals surface area contributed by atoms with Gasteiger partial charge in [0.05, 0.1) is 6.04 Å². The number of hydrogen-bond donors (Lipinski definition) is 1. The highest BCUT2D eigenvalue weighted by atomic mass is 16.4. The Labute approximate surface area is 88.1 Å². The minimum atomic E-state index is -0.225. The fraction of sp³-hybridized carbons (Fsp3) is 0.273. The van der Waals surface area contributed by atoms with E-state index in [-0.39, 0.29) is 6.04 Å². The number of rotatable bonds is 2. The van der Waals surface area contributed by atoms with Gasteiger partial charge in [0.2, 0.25) is 11.8 Å². The minimum Gasteiger partial charge on any atom is -0.419 e. The molecule has 1 heterocycles. The second-order valence-corrected chi connectivity index (χ2v) is 3.60. The third-order valence-electron chi connectivity index (χ3n) is 2.13. The van der Waals surface area contributed by atoms with E-state index in [1.54, 1.807) is 0 Å². The average molecular weight is 203 g/mol. The van der Waals surface area contributed by atoms with Crippen LogP contribution in [0.15, 0.2) is 28.7 Å². The Kier molecular flexibility index (Phi) is 2.51. The first kappa shape index (κ1) is 9.86. The van der Waals surface area contributed by atoms with E-state index >= 15 is 0 Å². The Hall–Kier alpha value is -1.68. The van der Waals surface area contributed by atoms with Crippen LogP contribution in [0.3, 0.4) is 0 Å². The van der Waals surface area contributed by atoms with Crippen molar-refractivity contribution in [2.24, 2.45) is 5.73 Å². The van der Waals surface area contributed by atoms with Crippen molar-refractivity contribution in [3.8, 4) is 11.5 Å². The van der Waals surface area contributed by atoms with E-state index in [1.165, 1.54) is 5.56 Å². The Balaban J connectivity index is 2.33. The van der Waals surface area contributed by atoms with Gasteiger partial charge in [0, 0.05) is 5.56 Å². The summed E-state index contributed by atoms with van der Waals surface area (Å²) in [5.74, 6) is 0.980. The molecule has 4 heteroatoms. The van der Waals surface area contributed by atoms with Crippen LogP contribution in [0.4, 0.5) is 0 Å². The summed E-state index contributed by atoms with van der Waals surface area (Å²) in [5, 5.41) is 7.81. The van der Waals surface area contributed by atoms with Gasteiger partial charge >= 0.3 is 0 Å². The molecule has 0 aliphatic rings. The third-order valence-corrected chi connectivity index (χ3v) is 2.13. The standard InChI is InChI=1S/C11H13N3O/c1-7-3-5-9(6-4-7)11-14-13-10(15-11)8(2)12/h3-6,8H,12H2,1-2H3/t8-/m0/s1. The maximum atomic E-state index is 5.63. The number of nitrogens with zero attached hydrogens (tertiary/aromatic N) is 2. The van der Waals surface area contributed by atoms with Crippen LogP contribution >= 0.6 is 0 Å². The molecule has 2 rings (SSSR count). The van der Waals surface area contributed by atoms with Crippen molar-refractivity contribution >= 4 is 0 Å². The van der Waals surface area contributed by atoms with Crippen LogP contribution in [-0.4, -0.2) is 10.2 Å². The quantitative estimate of drug-likeness (QED) is 0.811. The van der Waals surface area contributed by atoms with Crippen molar-refractivity contribution in [1.29, 1.82) is 0 Å². The summed E-state index contributed by atoms with van der Waals surface area (Å²) in [6.07, 6.45) is 0. The predicted molar refractivity (Wildman–Crippen MR) is 57.1 cm³/mol. The molecule has 0 fully saturated rings. The number of aromatic nitrogens is 2. The van der Waals surface area contributed by atoms with Crippen molar-refractivity contribution in [3.05, 3.63) is 35.7 Å². The largest absolute Gasteiger partial charge is 0.419 e. The topological polar surface area (TPSA) is 64.9 Å². The fourth-order valence-corrected chi connectivity index (χ4v) is 1.23. The zero-order chi connectivity index (χ0) is 10.8. The molecule has 0 saturated heterocycles. The molecule has 78 valence electrons. The van der Waals surface area contributed by atoms with Crippen LogP contribution in [0.1, 0.15) is 24.4 Å². The van der Waals surface area contributed by atoms with Gasteiger partial charge in [0.25, 0.3) is 0 Å². The minimum absolute atomic E-state index is 0.225. The summed E-state index contributed by atoms with van der Waals surface area (Å²) in [6, 6.07) is 7.69. The zero-order valence-electron chi connectivity index (χ0n) is 8.77. The van der Waals surface area contributed by atoms with E-state index < -0.39 is 0 Å². The van der Waals surface area contributed by atoms with Gasteiger partial charge in [-0.1, -0.05) is 17.7 Å². The second-order valence-electron chi connectivity index (χ2n) is 3.60. The summed E-state index contributed by atoms with van der Waals surface area (Å²) in [5.41, 5.74) is 7.75. The summed E-state index contributed by atoms with van der Waals surface area (Å²) >= 11 is 0. The zero-order valence-corrected chi connectivity index (χ0v) is 8.77. The lowest BCUT2D eigenvalue weighted by Gasteiger charge is -1.96. The first-order valence-corrected chi connectivity index (χ1v) is 4.83. The molecule has 0 radical (unpaired) electrons. The molecule has 2 aromatic rings. The van der Waals surface area contributed by atoms with Gasteiger partial charge in [-0.25, -0.2) is 0 Å². The molecule has 4 nitrogen and oxygen atoms in total. The van der Waals surface area contributed by atoms with Crippen LogP contribution in [0, 0.1) is 6.92 Å². The fourth-order valence-electron chi connectivity index (χ4n) is 1.23. The first-order valence-electron chi connectivity index (χ1n) is 4.83. The van der Waals surface area contributed by atoms with E-state index in [0.29, 0.717) is 11.8 Å². The molecule has 1 aromatic heterocycles. The molecule has 0 saturated carbocycles. The van der Waals surface area contributed by atoms with E-state index in [0.717, 1.165) is 5.56 Å². The van der Waals surface area contributed by atoms with Crippen molar-refractivity contribution in [1.82, 2.24) is 10.2 Å². The Morgan fingerprint density at radius 1 is 1.20 bits per heavy atom. The summed E-state index contributed by atoms with van der Waals surface area (Å²) in [6.45, 7) is 3.84. The van der Waals surface area contributed by atoms with Gasteiger partial charge in [-0.2, -0.15) is 0 Å². The summed E-state index contributed by atoms with van der Waals surface area (Å²) in [4.78, 5) is 0. The van der Waals surface area contributed by atoms with Crippen molar-refractivity contribution in [3.63, 3.8) is 0 Å². The highest BCUT2D eigenvalue weighted by Gasteiger charge is 2.10. The van der Waals surface area contributed by atoms with Crippen LogP contribution in [-0.2, 0) is 0 Å². The summed E-state index contributed by atoms with van der Waals surface area (Å²) in [7, 11) is 0. The Morgan fingerprint density at radius 2 is 1.87 bits per heavy atom. The van der Waals surface area contributed by atoms with Crippen molar-refractivity contribution in [2.75, 3.05) is 0 Å². The number of benzene rings is 1. The van der Waals surface area contributed by atoms with E-state index in [4.69, 9.17) is 10.2 Å². The molecule has 15 heavy (non-hydrogen) atoms. The van der Waals surface area contributed by atoms with Crippen molar-refractivity contribution < 1.29 is 4.42 Å². The number of aryl methyl sites for hydroxylation is 1. The van der Waals surface area contributed by atoms with E-state index in [2.05, 4.69) is 10.2 Å². The lowest BCUT2D eigenvalue weighted by atomic mass is 10.1. The number of nitrogens with two attached hydrogens (primary N) is 1. The lowest BCUT2D eigenvalue weighted by molar-refractivity contribution is 0.473. The Morgan fingerprint density at radius 3 is 2.40 bits per heavy atom. The molecular weight excluding hydrogens is 190 g/mol. The van der Waals surface area contributed by atoms with Crippen LogP contribution in [0.2, 0.25) is 0 Å². The van der Waals surface area contributed by atoms with Gasteiger partial charge in [-0.05, 0) is 26.0 Å². The number of hydrogen-bond acceptors (Lipinski definition) is 4. The SMILES string of the molecule is Cc1ccc(-c2nnc([C@H](C)N)o2)cc1. The molecule has 0 bridgehead atoms. The average Bonchev–Trinajstić information content (AvgIpc) is 2.68. The predicted octanol–water partition coefficient (Wildman–Crippen LogP) is 2.06. The van der Waals surface area contributed by atoms with Gasteiger partial charge in [-0.15, -0.1) is 10.2 Å². The van der Waals surface area contributed by atoms with Crippen molar-refractivity contribution in [2.45, 2.75) is 19.9 Å². The lowest BCUT2D eigenvalue weighted by Crippen LogP contribution is -2.04. The normalized spacial score (nSPS) is 12.7. The first-order chi connectivity index (χ1) is 7.16. The molecule has 0 amide bonds. The molecule has 0 aliphatic heterocycles. The molecule has 1 aromatic carbocycles. The van der Waals surface area contributed by atoms with Gasteiger partial charge in [0.15, 0.2) is 0 Å². The second kappa shape index (κ2) is 3.82. The van der Waals surface area contributed by atoms with E-state index in [1.807, 2.05) is 38.1 Å². The highest BCUT2D eigenvalue weighted by molar-refractivity contribution is 5.52. The molecule has 0 spiro atoms. The third kappa shape index (κ3) is 2.05. The summed E-state index contributed by atoms with van der Waals surface area (Å²) < 4.78 is 5.42. The maximum absolute atomic E-state index is 5.63. The molecular formula is C11H13N3O. The molecule has 0 unspecified atom stereocenters. The van der Waals surface area contributed by atoms with Crippen LogP contribution in [0.5, 0.6) is 0 Å². The van der Waals surface area contributed by atoms with Crippen LogP contribution in [0.25, 0.3) is 11.5 Å². The monoisotopic (exact) mass is 203 g/mol. The van der Waals surface area contributed by atoms with Gasteiger partial charge < -0.3 is 10.2 Å². The van der Waals surface area contributed by atoms with Gasteiger partial charge in [0.1, 0.15) is 0 Å².